The zero-order chi connectivity index (χ0) is 29.7. The monoisotopic (exact) mass is 605 g/mol. The lowest BCUT2D eigenvalue weighted by molar-refractivity contribution is -0.955. The number of allylic oxidation sites excluding steroid dienone is 1. The van der Waals surface area contributed by atoms with Crippen molar-refractivity contribution in [2.75, 3.05) is 30.7 Å². The van der Waals surface area contributed by atoms with Crippen molar-refractivity contribution in [1.82, 2.24) is 9.97 Å². The minimum atomic E-state index is -0.799. The second-order valence-corrected chi connectivity index (χ2v) is 10.4. The van der Waals surface area contributed by atoms with Crippen molar-refractivity contribution in [3.8, 4) is 17.6 Å². The van der Waals surface area contributed by atoms with E-state index in [9.17, 15) is 5.21 Å². The number of aryl methyl sites for hydroxylation is 2. The number of hydrogen-bond donors (Lipinski definition) is 4. The number of hydrogen-bond acceptors (Lipinski definition) is 9. The van der Waals surface area contributed by atoms with Crippen molar-refractivity contribution in [3.05, 3.63) is 75.4 Å². The van der Waals surface area contributed by atoms with Crippen LogP contribution in [-0.2, 0) is 13.0 Å². The maximum Gasteiger partial charge on any atom is 0.275 e. The van der Waals surface area contributed by atoms with Gasteiger partial charge < -0.3 is 15.2 Å². The average molecular weight is 607 g/mol. The molecule has 0 fully saturated rings. The zero-order valence-corrected chi connectivity index (χ0v) is 25.4. The smallest absolute Gasteiger partial charge is 0.275 e. The van der Waals surface area contributed by atoms with E-state index >= 15 is 0 Å². The molecule has 1 atom stereocenters. The number of nitrogens with zero attached hydrogens (tertiary/aromatic N) is 4. The minimum absolute atomic E-state index is 0.168. The molecule has 214 valence electrons. The maximum absolute atomic E-state index is 9.51. The Labute approximate surface area is 251 Å². The van der Waals surface area contributed by atoms with Gasteiger partial charge in [-0.05, 0) is 65.4 Å². The van der Waals surface area contributed by atoms with Gasteiger partial charge >= 0.3 is 0 Å². The highest BCUT2D eigenvalue weighted by Crippen LogP contribution is 2.30. The van der Waals surface area contributed by atoms with E-state index in [0.717, 1.165) is 29.7 Å². The minimum Gasteiger partial charge on any atom is -0.489 e. The number of anilines is 2. The number of rotatable bonds is 11. The van der Waals surface area contributed by atoms with Crippen LogP contribution < -0.4 is 20.6 Å². The summed E-state index contributed by atoms with van der Waals surface area (Å²) in [5.74, 6) is 1.99. The van der Waals surface area contributed by atoms with Crippen LogP contribution in [0.5, 0.6) is 11.5 Å². The van der Waals surface area contributed by atoms with E-state index in [1.54, 1.807) is 6.20 Å². The van der Waals surface area contributed by atoms with Gasteiger partial charge in [-0.3, -0.25) is 0 Å². The summed E-state index contributed by atoms with van der Waals surface area (Å²) in [6, 6.07) is 11.6. The Morgan fingerprint density at radius 1 is 1.27 bits per heavy atom. The molecule has 0 saturated carbocycles. The number of thiol groups is 1. The van der Waals surface area contributed by atoms with Crippen LogP contribution in [0.2, 0.25) is 5.02 Å². The number of nitrogens with two attached hydrogens (primary N) is 1. The Morgan fingerprint density at radius 2 is 2.02 bits per heavy atom. The summed E-state index contributed by atoms with van der Waals surface area (Å²) >= 11 is 15.5. The summed E-state index contributed by atoms with van der Waals surface area (Å²) in [5.41, 5.74) is 12.9. The first-order valence-corrected chi connectivity index (χ1v) is 13.8. The van der Waals surface area contributed by atoms with E-state index in [1.807, 2.05) is 56.3 Å². The topological polar surface area (TPSA) is 126 Å². The summed E-state index contributed by atoms with van der Waals surface area (Å²) in [6.07, 6.45) is 7.49. The van der Waals surface area contributed by atoms with Crippen LogP contribution in [0.25, 0.3) is 6.08 Å². The summed E-state index contributed by atoms with van der Waals surface area (Å²) in [7, 11) is 1.40. The molecule has 3 aromatic rings. The van der Waals surface area contributed by atoms with E-state index in [2.05, 4.69) is 41.2 Å². The lowest BCUT2D eigenvalue weighted by Gasteiger charge is -2.17. The highest BCUT2D eigenvalue weighted by Gasteiger charge is 2.16. The van der Waals surface area contributed by atoms with Crippen LogP contribution in [0.4, 0.5) is 11.8 Å². The molecule has 0 amide bonds. The van der Waals surface area contributed by atoms with Gasteiger partial charge in [0.05, 0.1) is 22.0 Å². The van der Waals surface area contributed by atoms with Crippen molar-refractivity contribution >= 4 is 53.9 Å². The molecule has 4 N–H and O–H groups in total. The average Bonchev–Trinajstić information content (AvgIpc) is 2.89. The van der Waals surface area contributed by atoms with Crippen LogP contribution in [0.3, 0.4) is 0 Å². The van der Waals surface area contributed by atoms with E-state index in [4.69, 9.17) is 43.7 Å². The van der Waals surface area contributed by atoms with Gasteiger partial charge in [-0.25, -0.2) is 4.98 Å². The van der Waals surface area contributed by atoms with Gasteiger partial charge in [0.2, 0.25) is 0 Å². The molecule has 0 aliphatic rings. The second-order valence-electron chi connectivity index (χ2n) is 8.79. The molecule has 1 unspecified atom stereocenters. The molecule has 0 spiro atoms. The Kier molecular flexibility index (Phi) is 13.3. The van der Waals surface area contributed by atoms with Crippen LogP contribution in [-0.4, -0.2) is 38.9 Å². The van der Waals surface area contributed by atoms with Crippen molar-refractivity contribution < 1.29 is 18.8 Å². The molecule has 12 heteroatoms. The van der Waals surface area contributed by atoms with Gasteiger partial charge in [0, 0.05) is 6.20 Å². The van der Waals surface area contributed by atoms with E-state index in [-0.39, 0.29) is 18.4 Å². The molecule has 9 nitrogen and oxygen atoms in total. The summed E-state index contributed by atoms with van der Waals surface area (Å²) in [6.45, 7) is 6.70. The Morgan fingerprint density at radius 3 is 2.62 bits per heavy atom. The molecule has 1 heterocycles. The van der Waals surface area contributed by atoms with Gasteiger partial charge in [0.15, 0.2) is 5.75 Å². The van der Waals surface area contributed by atoms with Crippen LogP contribution in [0.15, 0.2) is 42.6 Å². The number of quaternary nitrogens is 1. The first kappa shape index (κ1) is 33.0. The molecule has 0 aliphatic heterocycles. The number of nitriles is 1. The SMILES string of the molecule is C/C=C\c1cc(OCc2cnc(N[N+](C)(O)S)nc2N)ccc1C.CCCc1cc(Cl)c(OCCCl)c(C#N)c1. The number of halogens is 2. The third-order valence-electron chi connectivity index (χ3n) is 5.29. The quantitative estimate of drug-likeness (QED) is 0.0816. The normalized spacial score (nSPS) is 12.2. The van der Waals surface area contributed by atoms with Crippen LogP contribution >= 0.6 is 36.0 Å². The Balaban J connectivity index is 0.000000305. The van der Waals surface area contributed by atoms with Crippen molar-refractivity contribution in [3.63, 3.8) is 0 Å². The predicted molar refractivity (Wildman–Crippen MR) is 164 cm³/mol. The van der Waals surface area contributed by atoms with Gasteiger partial charge in [0.25, 0.3) is 5.95 Å². The molecule has 0 aliphatic carbocycles. The highest BCUT2D eigenvalue weighted by atomic mass is 35.5. The molecule has 40 heavy (non-hydrogen) atoms. The lowest BCUT2D eigenvalue weighted by atomic mass is 10.1. The summed E-state index contributed by atoms with van der Waals surface area (Å²) in [4.78, 5) is 8.15. The fourth-order valence-corrected chi connectivity index (χ4v) is 3.92. The molecular weight excluding hydrogens is 571 g/mol. The van der Waals surface area contributed by atoms with Gasteiger partial charge in [-0.2, -0.15) is 20.9 Å². The van der Waals surface area contributed by atoms with E-state index < -0.39 is 4.16 Å². The Bertz CT molecular complexity index is 1340. The number of hydroxylamine groups is 1. The molecule has 1 aromatic heterocycles. The fourth-order valence-electron chi connectivity index (χ4n) is 3.46. The third-order valence-corrected chi connectivity index (χ3v) is 5.82. The van der Waals surface area contributed by atoms with Crippen molar-refractivity contribution in [2.24, 2.45) is 0 Å². The van der Waals surface area contributed by atoms with Crippen molar-refractivity contribution in [1.29, 1.82) is 5.26 Å². The molecule has 3 rings (SSSR count). The first-order valence-electron chi connectivity index (χ1n) is 12.5. The molecule has 0 saturated heterocycles. The Hall–Kier alpha value is -3.20. The fraction of sp³-hybridized carbons (Fsp3) is 0.321. The number of alkyl halides is 1. The van der Waals surface area contributed by atoms with Crippen LogP contribution in [0, 0.1) is 18.3 Å². The second kappa shape index (κ2) is 16.2. The number of ether oxygens (including phenoxy) is 2. The standard InChI is InChI=1S/C16H22N5O2S.C12H13Cl2NO/c1-4-5-12-8-14(7-6-11(12)2)23-10-13-9-18-16(19-15(13)17)20-21(3,22)24;1-2-3-9-6-10(8-15)12(11(14)7-9)16-5-4-13/h4-9,22,24H,10H2,1-3H3,(H3,17,18,19,20);6-7H,2-5H2,1H3/q+1;/b5-4-;. The van der Waals surface area contributed by atoms with Crippen LogP contribution in [0.1, 0.15) is 48.1 Å². The van der Waals surface area contributed by atoms with E-state index in [0.29, 0.717) is 34.4 Å². The summed E-state index contributed by atoms with van der Waals surface area (Å²) in [5, 5.41) is 19.0. The predicted octanol–water partition coefficient (Wildman–Crippen LogP) is 6.77. The first-order chi connectivity index (χ1) is 19.0. The van der Waals surface area contributed by atoms with Crippen molar-refractivity contribution in [2.45, 2.75) is 40.2 Å². The number of benzene rings is 2. The van der Waals surface area contributed by atoms with E-state index in [1.165, 1.54) is 12.6 Å². The zero-order valence-electron chi connectivity index (χ0n) is 23.0. The number of nitrogens with one attached hydrogen (secondary N) is 1. The van der Waals surface area contributed by atoms with Gasteiger partial charge in [-0.15, -0.1) is 11.6 Å². The largest absolute Gasteiger partial charge is 0.489 e. The molecule has 0 bridgehead atoms. The van der Waals surface area contributed by atoms with Gasteiger partial charge in [0.1, 0.15) is 50.7 Å². The maximum atomic E-state index is 9.51. The third kappa shape index (κ3) is 10.8. The number of aromatic nitrogens is 2. The highest BCUT2D eigenvalue weighted by molar-refractivity contribution is 7.74. The number of nitrogen functional groups attached to an aromatic ring is 1. The molecule has 2 aromatic carbocycles. The summed E-state index contributed by atoms with van der Waals surface area (Å²) < 4.78 is 10.3. The molecule has 0 radical (unpaired) electrons. The lowest BCUT2D eigenvalue weighted by Crippen LogP contribution is -2.36. The molecular formula is C28H35Cl2N6O3S+. The van der Waals surface area contributed by atoms with Gasteiger partial charge in [-0.1, -0.05) is 43.2 Å².